The maximum Gasteiger partial charge on any atom is 0.338 e. The molecule has 0 radical (unpaired) electrons. The average Bonchev–Trinajstić information content (AvgIpc) is 3.06. The molecule has 1 aliphatic heterocycles. The molecule has 1 fully saturated rings. The van der Waals surface area contributed by atoms with Crippen molar-refractivity contribution in [1.29, 1.82) is 0 Å². The zero-order valence-electron chi connectivity index (χ0n) is 28.2. The van der Waals surface area contributed by atoms with Crippen molar-refractivity contribution >= 4 is 23.4 Å². The topological polar surface area (TPSA) is 103 Å². The molecule has 0 atom stereocenters. The van der Waals surface area contributed by atoms with E-state index in [9.17, 15) is 14.4 Å². The Morgan fingerprint density at radius 2 is 1.68 bits per heavy atom. The summed E-state index contributed by atoms with van der Waals surface area (Å²) >= 11 is 0. The van der Waals surface area contributed by atoms with Gasteiger partial charge in [-0.3, -0.25) is 9.59 Å². The number of aromatic nitrogens is 2. The van der Waals surface area contributed by atoms with Crippen LogP contribution in [0, 0.1) is 6.92 Å². The fourth-order valence-corrected chi connectivity index (χ4v) is 5.78. The Balaban J connectivity index is 1.38. The van der Waals surface area contributed by atoms with Gasteiger partial charge in [-0.15, -0.1) is 0 Å². The van der Waals surface area contributed by atoms with Crippen LogP contribution in [0.3, 0.4) is 0 Å². The molecule has 0 unspecified atom stereocenters. The Kier molecular flexibility index (Phi) is 10.3. The summed E-state index contributed by atoms with van der Waals surface area (Å²) in [4.78, 5) is 45.3. The van der Waals surface area contributed by atoms with Crippen LogP contribution in [-0.4, -0.2) is 59.2 Å². The molecule has 2 heterocycles. The molecule has 0 aliphatic carbocycles. The van der Waals surface area contributed by atoms with E-state index in [1.807, 2.05) is 31.2 Å². The molecule has 246 valence electrons. The lowest BCUT2D eigenvalue weighted by Crippen LogP contribution is -2.40. The van der Waals surface area contributed by atoms with Gasteiger partial charge in [0.2, 0.25) is 0 Å². The number of esters is 1. The van der Waals surface area contributed by atoms with Crippen LogP contribution in [0.1, 0.15) is 70.7 Å². The molecule has 5 rings (SSSR count). The summed E-state index contributed by atoms with van der Waals surface area (Å²) in [5, 5.41) is 3.16. The Hall–Kier alpha value is -4.76. The summed E-state index contributed by atoms with van der Waals surface area (Å²) in [5.74, 6) is -0.147. The molecule has 0 spiro atoms. The number of hydrogen-bond acceptors (Lipinski definition) is 7. The van der Waals surface area contributed by atoms with Crippen LogP contribution in [0.5, 0.6) is 0 Å². The fourth-order valence-electron chi connectivity index (χ4n) is 5.78. The van der Waals surface area contributed by atoms with Gasteiger partial charge in [0.25, 0.3) is 11.5 Å². The highest BCUT2D eigenvalue weighted by Gasteiger charge is 2.21. The lowest BCUT2D eigenvalue weighted by Gasteiger charge is -2.26. The Labute approximate surface area is 276 Å². The molecule has 9 heteroatoms. The van der Waals surface area contributed by atoms with Crippen molar-refractivity contribution in [3.8, 4) is 11.3 Å². The number of nitrogens with one attached hydrogen (secondary N) is 1. The fraction of sp³-hybridized carbons (Fsp3) is 0.368. The summed E-state index contributed by atoms with van der Waals surface area (Å²) in [7, 11) is 1.71. The number of benzene rings is 3. The molecule has 1 aliphatic rings. The third-order valence-electron chi connectivity index (χ3n) is 8.62. The lowest BCUT2D eigenvalue weighted by atomic mass is 9.84. The van der Waals surface area contributed by atoms with Gasteiger partial charge in [-0.05, 0) is 84.7 Å². The molecule has 1 aromatic heterocycles. The second-order valence-corrected chi connectivity index (χ2v) is 12.9. The zero-order valence-corrected chi connectivity index (χ0v) is 28.2. The SMILES string of the molecule is CCOC(=O)c1ccc(C(C)(C)C)cc1CCc1cccc(-c2cn(C)c(=O)c(Nc3ccc(C(=O)N4CCOCC4)cc3)n2)c1C. The molecule has 47 heavy (non-hydrogen) atoms. The van der Waals surface area contributed by atoms with Crippen molar-refractivity contribution in [1.82, 2.24) is 14.5 Å². The molecular formula is C38H44N4O5. The average molecular weight is 637 g/mol. The van der Waals surface area contributed by atoms with Crippen molar-refractivity contribution in [2.75, 3.05) is 38.2 Å². The van der Waals surface area contributed by atoms with E-state index < -0.39 is 0 Å². The molecule has 1 amide bonds. The van der Waals surface area contributed by atoms with E-state index in [0.717, 1.165) is 22.3 Å². The first-order valence-electron chi connectivity index (χ1n) is 16.2. The molecule has 0 bridgehead atoms. The van der Waals surface area contributed by atoms with Crippen molar-refractivity contribution in [3.05, 3.63) is 111 Å². The lowest BCUT2D eigenvalue weighted by molar-refractivity contribution is 0.0303. The van der Waals surface area contributed by atoms with Crippen LogP contribution in [0.25, 0.3) is 11.3 Å². The van der Waals surface area contributed by atoms with Crippen molar-refractivity contribution in [2.24, 2.45) is 7.05 Å². The van der Waals surface area contributed by atoms with Gasteiger partial charge < -0.3 is 24.3 Å². The van der Waals surface area contributed by atoms with Gasteiger partial charge in [-0.1, -0.05) is 51.1 Å². The molecule has 3 aromatic carbocycles. The smallest absolute Gasteiger partial charge is 0.338 e. The Morgan fingerprint density at radius 3 is 2.36 bits per heavy atom. The van der Waals surface area contributed by atoms with Crippen LogP contribution < -0.4 is 10.9 Å². The third-order valence-corrected chi connectivity index (χ3v) is 8.62. The first-order valence-corrected chi connectivity index (χ1v) is 16.2. The summed E-state index contributed by atoms with van der Waals surface area (Å²) in [6, 6.07) is 19.2. The van der Waals surface area contributed by atoms with Crippen molar-refractivity contribution in [2.45, 2.75) is 52.9 Å². The van der Waals surface area contributed by atoms with E-state index in [2.05, 4.69) is 45.1 Å². The first-order chi connectivity index (χ1) is 22.5. The van der Waals surface area contributed by atoms with Gasteiger partial charge in [0.05, 0.1) is 31.1 Å². The van der Waals surface area contributed by atoms with Gasteiger partial charge >= 0.3 is 5.97 Å². The standard InChI is InChI=1S/C38H44N4O5/c1-7-47-37(45)32-18-15-29(38(3,4)5)23-28(32)12-11-26-9-8-10-31(25(26)2)33-24-41(6)36(44)34(40-33)39-30-16-13-27(14-17-30)35(43)42-19-21-46-22-20-42/h8-10,13-18,23-24H,7,11-12,19-22H2,1-6H3,(H,39,40). The number of amides is 1. The summed E-state index contributed by atoms with van der Waals surface area (Å²) in [6.45, 7) is 12.9. The second-order valence-electron chi connectivity index (χ2n) is 12.9. The van der Waals surface area contributed by atoms with Crippen molar-refractivity contribution < 1.29 is 19.1 Å². The highest BCUT2D eigenvalue weighted by Crippen LogP contribution is 2.29. The van der Waals surface area contributed by atoms with Gasteiger partial charge in [0.1, 0.15) is 0 Å². The maximum absolute atomic E-state index is 13.1. The molecular weight excluding hydrogens is 592 g/mol. The molecule has 4 aromatic rings. The molecule has 9 nitrogen and oxygen atoms in total. The van der Waals surface area contributed by atoms with Crippen LogP contribution in [0.2, 0.25) is 0 Å². The molecule has 1 saturated heterocycles. The first kappa shape index (κ1) is 33.6. The number of anilines is 2. The van der Waals surface area contributed by atoms with Crippen LogP contribution >= 0.6 is 0 Å². The van der Waals surface area contributed by atoms with Crippen LogP contribution in [0.15, 0.2) is 71.7 Å². The summed E-state index contributed by atoms with van der Waals surface area (Å²) < 4.78 is 12.2. The number of carbonyl (C=O) groups is 2. The Morgan fingerprint density at radius 1 is 0.979 bits per heavy atom. The van der Waals surface area contributed by atoms with Crippen LogP contribution in [-0.2, 0) is 34.8 Å². The van der Waals surface area contributed by atoms with E-state index in [1.54, 1.807) is 42.4 Å². The summed E-state index contributed by atoms with van der Waals surface area (Å²) in [5.41, 5.74) is 7.42. The molecule has 0 saturated carbocycles. The zero-order chi connectivity index (χ0) is 33.7. The minimum atomic E-state index is -0.304. The number of aryl methyl sites for hydroxylation is 3. The minimum absolute atomic E-state index is 0.0368. The molecule has 1 N–H and O–H groups in total. The van der Waals surface area contributed by atoms with Gasteiger partial charge in [0.15, 0.2) is 5.82 Å². The number of hydrogen-bond donors (Lipinski definition) is 1. The predicted molar refractivity (Wildman–Crippen MR) is 185 cm³/mol. The highest BCUT2D eigenvalue weighted by molar-refractivity contribution is 5.94. The summed E-state index contributed by atoms with van der Waals surface area (Å²) in [6.07, 6.45) is 3.13. The monoisotopic (exact) mass is 636 g/mol. The minimum Gasteiger partial charge on any atom is -0.462 e. The van der Waals surface area contributed by atoms with Gasteiger partial charge in [-0.25, -0.2) is 9.78 Å². The largest absolute Gasteiger partial charge is 0.462 e. The Bertz CT molecular complexity index is 1820. The van der Waals surface area contributed by atoms with E-state index >= 15 is 0 Å². The normalized spacial score (nSPS) is 13.4. The van der Waals surface area contributed by atoms with Crippen molar-refractivity contribution in [3.63, 3.8) is 0 Å². The van der Waals surface area contributed by atoms with E-state index in [-0.39, 0.29) is 28.7 Å². The second kappa shape index (κ2) is 14.3. The van der Waals surface area contributed by atoms with E-state index in [0.29, 0.717) is 68.3 Å². The van der Waals surface area contributed by atoms with E-state index in [1.165, 1.54) is 10.1 Å². The number of nitrogens with zero attached hydrogens (tertiary/aromatic N) is 3. The van der Waals surface area contributed by atoms with Gasteiger partial charge in [0, 0.05) is 43.1 Å². The van der Waals surface area contributed by atoms with E-state index in [4.69, 9.17) is 14.5 Å². The predicted octanol–water partition coefficient (Wildman–Crippen LogP) is 6.23. The van der Waals surface area contributed by atoms with Crippen LogP contribution in [0.4, 0.5) is 11.5 Å². The highest BCUT2D eigenvalue weighted by atomic mass is 16.5. The quantitative estimate of drug-likeness (QED) is 0.217. The van der Waals surface area contributed by atoms with Gasteiger partial charge in [-0.2, -0.15) is 0 Å². The maximum atomic E-state index is 13.1. The number of ether oxygens (including phenoxy) is 2. The number of morpholine rings is 1. The number of carbonyl (C=O) groups excluding carboxylic acids is 2. The third kappa shape index (κ3) is 7.80. The number of rotatable bonds is 9.